The van der Waals surface area contributed by atoms with Crippen LogP contribution in [0.15, 0.2) is 23.3 Å². The lowest BCUT2D eigenvalue weighted by Gasteiger charge is -2.19. The Hall–Kier alpha value is -2.00. The molecule has 1 aliphatic rings. The van der Waals surface area contributed by atoms with E-state index < -0.39 is 0 Å². The Bertz CT molecular complexity index is 449. The molecule has 1 aliphatic heterocycles. The molecule has 1 aromatic rings. The number of anilines is 1. The van der Waals surface area contributed by atoms with Crippen molar-refractivity contribution in [2.45, 2.75) is 19.4 Å². The van der Waals surface area contributed by atoms with Crippen LogP contribution >= 0.6 is 0 Å². The minimum absolute atomic E-state index is 0.0240. The van der Waals surface area contributed by atoms with Crippen molar-refractivity contribution in [3.05, 3.63) is 39.8 Å². The van der Waals surface area contributed by atoms with E-state index in [1.165, 1.54) is 0 Å². The van der Waals surface area contributed by atoms with E-state index in [1.807, 2.05) is 18.2 Å². The quantitative estimate of drug-likeness (QED) is 0.446. The van der Waals surface area contributed by atoms with E-state index in [-0.39, 0.29) is 12.5 Å². The summed E-state index contributed by atoms with van der Waals surface area (Å²) in [6.07, 6.45) is 1.28. The average Bonchev–Trinajstić information content (AvgIpc) is 2.26. The van der Waals surface area contributed by atoms with Gasteiger partial charge in [-0.2, -0.15) is 0 Å². The molecule has 5 nitrogen and oxygen atoms in total. The number of rotatable bonds is 2. The molecule has 0 aromatic heterocycles. The highest BCUT2D eigenvalue weighted by molar-refractivity contribution is 5.94. The van der Waals surface area contributed by atoms with Crippen LogP contribution in [0.2, 0.25) is 0 Å². The molecular formula is C10H10N4O. The van der Waals surface area contributed by atoms with Crippen molar-refractivity contribution in [3.63, 3.8) is 0 Å². The van der Waals surface area contributed by atoms with Crippen LogP contribution in [-0.2, 0) is 17.8 Å². The second kappa shape index (κ2) is 4.02. The summed E-state index contributed by atoms with van der Waals surface area (Å²) in [6, 6.07) is 5.76. The van der Waals surface area contributed by atoms with E-state index in [1.54, 1.807) is 0 Å². The van der Waals surface area contributed by atoms with Crippen molar-refractivity contribution < 1.29 is 4.79 Å². The molecule has 1 aromatic carbocycles. The Morgan fingerprint density at radius 1 is 1.47 bits per heavy atom. The SMILES string of the molecule is [N-]=[N+]=NCc1cccc2c1NC(=O)CC2. The molecule has 0 spiro atoms. The molecule has 1 amide bonds. The van der Waals surface area contributed by atoms with Gasteiger partial charge in [0.25, 0.3) is 0 Å². The lowest BCUT2D eigenvalue weighted by molar-refractivity contribution is -0.116. The summed E-state index contributed by atoms with van der Waals surface area (Å²) in [5.74, 6) is 0.0240. The van der Waals surface area contributed by atoms with Crippen LogP contribution in [0.5, 0.6) is 0 Å². The minimum Gasteiger partial charge on any atom is -0.326 e. The van der Waals surface area contributed by atoms with Gasteiger partial charge >= 0.3 is 0 Å². The molecule has 0 fully saturated rings. The second-order valence-corrected chi connectivity index (χ2v) is 3.39. The van der Waals surface area contributed by atoms with Gasteiger partial charge in [-0.15, -0.1) is 0 Å². The fourth-order valence-electron chi connectivity index (χ4n) is 1.71. The highest BCUT2D eigenvalue weighted by Gasteiger charge is 2.16. The molecule has 1 heterocycles. The number of fused-ring (bicyclic) bond motifs is 1. The third kappa shape index (κ3) is 1.92. The number of hydrogen-bond donors (Lipinski definition) is 1. The molecule has 0 saturated carbocycles. The number of para-hydroxylation sites is 1. The average molecular weight is 202 g/mol. The predicted molar refractivity (Wildman–Crippen MR) is 56.2 cm³/mol. The first-order valence-electron chi connectivity index (χ1n) is 4.73. The normalized spacial score (nSPS) is 13.7. The second-order valence-electron chi connectivity index (χ2n) is 3.39. The van der Waals surface area contributed by atoms with E-state index in [9.17, 15) is 4.79 Å². The van der Waals surface area contributed by atoms with E-state index in [0.717, 1.165) is 23.2 Å². The van der Waals surface area contributed by atoms with E-state index >= 15 is 0 Å². The molecule has 0 bridgehead atoms. The highest BCUT2D eigenvalue weighted by atomic mass is 16.1. The van der Waals surface area contributed by atoms with Crippen molar-refractivity contribution in [1.29, 1.82) is 0 Å². The van der Waals surface area contributed by atoms with Crippen molar-refractivity contribution in [3.8, 4) is 0 Å². The molecule has 0 saturated heterocycles. The van der Waals surface area contributed by atoms with Gasteiger partial charge < -0.3 is 5.32 Å². The fraction of sp³-hybridized carbons (Fsp3) is 0.300. The number of azide groups is 1. The Kier molecular flexibility index (Phi) is 2.56. The third-order valence-electron chi connectivity index (χ3n) is 2.43. The molecule has 5 heteroatoms. The molecule has 0 unspecified atom stereocenters. The van der Waals surface area contributed by atoms with E-state index in [2.05, 4.69) is 15.3 Å². The zero-order chi connectivity index (χ0) is 10.7. The first kappa shape index (κ1) is 9.55. The van der Waals surface area contributed by atoms with Crippen LogP contribution in [0, 0.1) is 0 Å². The standard InChI is InChI=1S/C10H10N4O/c11-14-12-6-8-3-1-2-7-4-5-9(15)13-10(7)8/h1-3H,4-6H2,(H,13,15). The number of nitrogens with one attached hydrogen (secondary N) is 1. The van der Waals surface area contributed by atoms with Crippen LogP contribution in [0.4, 0.5) is 5.69 Å². The maximum Gasteiger partial charge on any atom is 0.224 e. The predicted octanol–water partition coefficient (Wildman–Crippen LogP) is 2.38. The number of hydrogen-bond acceptors (Lipinski definition) is 2. The summed E-state index contributed by atoms with van der Waals surface area (Å²) in [5, 5.41) is 6.32. The van der Waals surface area contributed by atoms with Gasteiger partial charge in [0.05, 0.1) is 6.54 Å². The highest BCUT2D eigenvalue weighted by Crippen LogP contribution is 2.26. The number of carbonyl (C=O) groups is 1. The Morgan fingerprint density at radius 2 is 2.33 bits per heavy atom. The number of amides is 1. The van der Waals surface area contributed by atoms with Crippen molar-refractivity contribution in [2.24, 2.45) is 5.11 Å². The Morgan fingerprint density at radius 3 is 3.13 bits per heavy atom. The lowest BCUT2D eigenvalue weighted by atomic mass is 9.99. The maximum atomic E-state index is 11.2. The molecule has 15 heavy (non-hydrogen) atoms. The van der Waals surface area contributed by atoms with Crippen LogP contribution in [0.3, 0.4) is 0 Å². The monoisotopic (exact) mass is 202 g/mol. The largest absolute Gasteiger partial charge is 0.326 e. The molecule has 0 radical (unpaired) electrons. The van der Waals surface area contributed by atoms with Gasteiger partial charge in [0.15, 0.2) is 0 Å². The van der Waals surface area contributed by atoms with Crippen molar-refractivity contribution in [1.82, 2.24) is 0 Å². The maximum absolute atomic E-state index is 11.2. The van der Waals surface area contributed by atoms with Crippen LogP contribution < -0.4 is 5.32 Å². The van der Waals surface area contributed by atoms with Gasteiger partial charge in [-0.25, -0.2) is 0 Å². The van der Waals surface area contributed by atoms with Gasteiger partial charge in [-0.3, -0.25) is 4.79 Å². The summed E-state index contributed by atoms with van der Waals surface area (Å²) in [6.45, 7) is 0.278. The van der Waals surface area contributed by atoms with E-state index in [4.69, 9.17) is 5.53 Å². The first-order valence-corrected chi connectivity index (χ1v) is 4.73. The smallest absolute Gasteiger partial charge is 0.224 e. The summed E-state index contributed by atoms with van der Waals surface area (Å²) in [5.41, 5.74) is 11.1. The zero-order valence-corrected chi connectivity index (χ0v) is 8.10. The Balaban J connectivity index is 2.38. The minimum atomic E-state index is 0.0240. The van der Waals surface area contributed by atoms with Crippen molar-refractivity contribution in [2.75, 3.05) is 5.32 Å². The fourth-order valence-corrected chi connectivity index (χ4v) is 1.71. The van der Waals surface area contributed by atoms with E-state index in [0.29, 0.717) is 6.42 Å². The summed E-state index contributed by atoms with van der Waals surface area (Å²) < 4.78 is 0. The molecule has 2 rings (SSSR count). The summed E-state index contributed by atoms with van der Waals surface area (Å²) in [7, 11) is 0. The van der Waals surface area contributed by atoms with Crippen LogP contribution in [0.25, 0.3) is 10.4 Å². The van der Waals surface area contributed by atoms with Gasteiger partial charge in [-0.05, 0) is 23.1 Å². The molecule has 0 aliphatic carbocycles. The molecule has 76 valence electrons. The molecule has 1 N–H and O–H groups in total. The van der Waals surface area contributed by atoms with Gasteiger partial charge in [-0.1, -0.05) is 23.3 Å². The molecular weight excluding hydrogens is 192 g/mol. The number of aryl methyl sites for hydroxylation is 1. The number of benzene rings is 1. The first-order chi connectivity index (χ1) is 7.31. The third-order valence-corrected chi connectivity index (χ3v) is 2.43. The van der Waals surface area contributed by atoms with Crippen LogP contribution in [-0.4, -0.2) is 5.91 Å². The Labute approximate surface area is 86.7 Å². The lowest BCUT2D eigenvalue weighted by Crippen LogP contribution is -2.20. The van der Waals surface area contributed by atoms with Gasteiger partial charge in [0, 0.05) is 17.0 Å². The number of carbonyl (C=O) groups excluding carboxylic acids is 1. The van der Waals surface area contributed by atoms with Crippen molar-refractivity contribution >= 4 is 11.6 Å². The van der Waals surface area contributed by atoms with Gasteiger partial charge in [0.1, 0.15) is 0 Å². The summed E-state index contributed by atoms with van der Waals surface area (Å²) in [4.78, 5) is 13.9. The van der Waals surface area contributed by atoms with Gasteiger partial charge in [0.2, 0.25) is 5.91 Å². The number of nitrogens with zero attached hydrogens (tertiary/aromatic N) is 3. The molecule has 0 atom stereocenters. The topological polar surface area (TPSA) is 77.9 Å². The zero-order valence-electron chi connectivity index (χ0n) is 8.10. The summed E-state index contributed by atoms with van der Waals surface area (Å²) >= 11 is 0. The van der Waals surface area contributed by atoms with Crippen LogP contribution in [0.1, 0.15) is 17.5 Å².